The van der Waals surface area contributed by atoms with Crippen LogP contribution in [0.25, 0.3) is 6.08 Å². The van der Waals surface area contributed by atoms with E-state index >= 15 is 0 Å². The van der Waals surface area contributed by atoms with E-state index in [1.54, 1.807) is 7.11 Å². The van der Waals surface area contributed by atoms with Gasteiger partial charge in [0.15, 0.2) is 0 Å². The summed E-state index contributed by atoms with van der Waals surface area (Å²) >= 11 is 1.14. The predicted octanol–water partition coefficient (Wildman–Crippen LogP) is 7.58. The molecule has 4 aromatic rings. The van der Waals surface area contributed by atoms with Crippen LogP contribution in [-0.4, -0.2) is 23.9 Å². The molecular formula is C32H26N4O2S. The SMILES string of the molecule is COc1ccc(N=C2NC(=O)SC2=Cc2ccc(N3N=C(c4ccccc4)CC3c3ccccc3)cc2)cc1. The van der Waals surface area contributed by atoms with Gasteiger partial charge in [-0.05, 0) is 70.9 Å². The molecule has 0 spiro atoms. The molecule has 1 unspecified atom stereocenters. The third-order valence-electron chi connectivity index (χ3n) is 6.63. The fourth-order valence-electron chi connectivity index (χ4n) is 4.66. The van der Waals surface area contributed by atoms with Gasteiger partial charge in [-0.15, -0.1) is 0 Å². The van der Waals surface area contributed by atoms with Crippen LogP contribution in [-0.2, 0) is 0 Å². The summed E-state index contributed by atoms with van der Waals surface area (Å²) in [7, 11) is 1.63. The Kier molecular flexibility index (Phi) is 6.97. The maximum atomic E-state index is 12.2. The zero-order valence-electron chi connectivity index (χ0n) is 21.3. The fraction of sp³-hybridized carbons (Fsp3) is 0.0938. The minimum absolute atomic E-state index is 0.112. The molecule has 6 nitrogen and oxygen atoms in total. The molecule has 0 radical (unpaired) electrons. The molecule has 2 aliphatic rings. The molecule has 39 heavy (non-hydrogen) atoms. The summed E-state index contributed by atoms with van der Waals surface area (Å²) in [5, 5.41) is 9.87. The van der Waals surface area contributed by atoms with Crippen molar-refractivity contribution in [2.75, 3.05) is 12.1 Å². The summed E-state index contributed by atoms with van der Waals surface area (Å²) < 4.78 is 5.22. The standard InChI is InChI=1S/C32H26N4O2S/c1-38-27-18-14-25(15-19-27)33-31-30(39-32(37)34-31)20-22-12-16-26(17-13-22)36-29(24-10-6-3-7-11-24)21-28(35-36)23-8-4-2-5-9-23/h2-20,29H,21H2,1H3,(H,33,34,37). The first kappa shape index (κ1) is 24.7. The van der Waals surface area contributed by atoms with E-state index in [4.69, 9.17) is 9.84 Å². The molecule has 0 aromatic heterocycles. The maximum Gasteiger partial charge on any atom is 0.289 e. The fourth-order valence-corrected chi connectivity index (χ4v) is 5.40. The van der Waals surface area contributed by atoms with E-state index in [1.807, 2.05) is 54.6 Å². The lowest BCUT2D eigenvalue weighted by Gasteiger charge is -2.24. The Morgan fingerprint density at radius 3 is 2.31 bits per heavy atom. The summed E-state index contributed by atoms with van der Waals surface area (Å²) in [6.45, 7) is 0. The summed E-state index contributed by atoms with van der Waals surface area (Å²) in [6.07, 6.45) is 2.81. The van der Waals surface area contributed by atoms with Crippen molar-refractivity contribution in [2.45, 2.75) is 12.5 Å². The van der Waals surface area contributed by atoms with Gasteiger partial charge in [-0.1, -0.05) is 72.8 Å². The number of hydrazone groups is 1. The second kappa shape index (κ2) is 11.0. The molecule has 1 atom stereocenters. The van der Waals surface area contributed by atoms with Gasteiger partial charge in [0.2, 0.25) is 0 Å². The molecule has 7 heteroatoms. The average molecular weight is 531 g/mol. The van der Waals surface area contributed by atoms with Gasteiger partial charge in [0.25, 0.3) is 5.24 Å². The second-order valence-electron chi connectivity index (χ2n) is 9.16. The largest absolute Gasteiger partial charge is 0.497 e. The van der Waals surface area contributed by atoms with Gasteiger partial charge < -0.3 is 10.1 Å². The normalized spacial score (nSPS) is 18.9. The number of amidine groups is 1. The number of ether oxygens (including phenoxy) is 1. The van der Waals surface area contributed by atoms with Gasteiger partial charge >= 0.3 is 0 Å². The number of nitrogens with zero attached hydrogens (tertiary/aromatic N) is 3. The number of hydrogen-bond acceptors (Lipinski definition) is 6. The number of nitrogens with one attached hydrogen (secondary N) is 1. The van der Waals surface area contributed by atoms with Gasteiger partial charge in [-0.2, -0.15) is 5.10 Å². The van der Waals surface area contributed by atoms with Gasteiger partial charge in [0, 0.05) is 6.42 Å². The number of amides is 1. The van der Waals surface area contributed by atoms with Crippen LogP contribution in [0.15, 0.2) is 124 Å². The average Bonchev–Trinajstić information content (AvgIpc) is 3.58. The number of carbonyl (C=O) groups excluding carboxylic acids is 1. The highest BCUT2D eigenvalue weighted by atomic mass is 32.2. The number of rotatable bonds is 6. The van der Waals surface area contributed by atoms with Crippen LogP contribution in [0.1, 0.15) is 29.2 Å². The molecule has 4 aromatic carbocycles. The van der Waals surface area contributed by atoms with E-state index in [0.717, 1.165) is 57.1 Å². The third-order valence-corrected chi connectivity index (χ3v) is 7.45. The topological polar surface area (TPSA) is 66.3 Å². The van der Waals surface area contributed by atoms with Crippen LogP contribution < -0.4 is 15.1 Å². The maximum absolute atomic E-state index is 12.2. The Morgan fingerprint density at radius 2 is 1.62 bits per heavy atom. The van der Waals surface area contributed by atoms with Crippen LogP contribution in [0, 0.1) is 0 Å². The number of methoxy groups -OCH3 is 1. The highest BCUT2D eigenvalue weighted by Crippen LogP contribution is 2.37. The van der Waals surface area contributed by atoms with E-state index < -0.39 is 0 Å². The molecule has 1 amide bonds. The van der Waals surface area contributed by atoms with Crippen molar-refractivity contribution in [3.05, 3.63) is 131 Å². The van der Waals surface area contributed by atoms with Crippen LogP contribution in [0.4, 0.5) is 16.2 Å². The monoisotopic (exact) mass is 530 g/mol. The number of aliphatic imine (C=N–C) groups is 1. The molecule has 1 fully saturated rings. The molecule has 192 valence electrons. The molecule has 2 aliphatic heterocycles. The quantitative estimate of drug-likeness (QED) is 0.279. The molecule has 0 aliphatic carbocycles. The lowest BCUT2D eigenvalue weighted by Crippen LogP contribution is -2.18. The Labute approximate surface area is 231 Å². The number of anilines is 1. The van der Waals surface area contributed by atoms with Crippen molar-refractivity contribution in [3.8, 4) is 5.75 Å². The van der Waals surface area contributed by atoms with Gasteiger partial charge in [-0.3, -0.25) is 9.80 Å². The number of hydrogen-bond donors (Lipinski definition) is 1. The van der Waals surface area contributed by atoms with Gasteiger partial charge in [-0.25, -0.2) is 4.99 Å². The summed E-state index contributed by atoms with van der Waals surface area (Å²) in [5.41, 5.74) is 6.16. The van der Waals surface area contributed by atoms with Crippen LogP contribution in [0.3, 0.4) is 0 Å². The predicted molar refractivity (Wildman–Crippen MR) is 160 cm³/mol. The zero-order chi connectivity index (χ0) is 26.6. The van der Waals surface area contributed by atoms with E-state index in [2.05, 4.69) is 76.0 Å². The Hall–Kier alpha value is -4.62. The van der Waals surface area contributed by atoms with Crippen molar-refractivity contribution in [1.82, 2.24) is 5.32 Å². The van der Waals surface area contributed by atoms with Crippen LogP contribution in [0.2, 0.25) is 0 Å². The Morgan fingerprint density at radius 1 is 0.923 bits per heavy atom. The second-order valence-corrected chi connectivity index (χ2v) is 10.2. The minimum Gasteiger partial charge on any atom is -0.497 e. The number of thioether (sulfide) groups is 1. The van der Waals surface area contributed by atoms with Crippen LogP contribution in [0.5, 0.6) is 5.75 Å². The minimum atomic E-state index is -0.143. The first-order valence-electron chi connectivity index (χ1n) is 12.7. The highest BCUT2D eigenvalue weighted by Gasteiger charge is 2.30. The van der Waals surface area contributed by atoms with E-state index in [-0.39, 0.29) is 11.3 Å². The van der Waals surface area contributed by atoms with Crippen LogP contribution >= 0.6 is 11.8 Å². The number of benzene rings is 4. The highest BCUT2D eigenvalue weighted by molar-refractivity contribution is 8.18. The molecule has 6 rings (SSSR count). The van der Waals surface area contributed by atoms with Gasteiger partial charge in [0.1, 0.15) is 11.6 Å². The third kappa shape index (κ3) is 5.49. The molecular weight excluding hydrogens is 504 g/mol. The van der Waals surface area contributed by atoms with E-state index in [0.29, 0.717) is 5.84 Å². The molecule has 1 saturated heterocycles. The van der Waals surface area contributed by atoms with Crippen molar-refractivity contribution >= 4 is 46.0 Å². The summed E-state index contributed by atoms with van der Waals surface area (Å²) in [5.74, 6) is 1.30. The van der Waals surface area contributed by atoms with Crippen molar-refractivity contribution in [3.63, 3.8) is 0 Å². The summed E-state index contributed by atoms with van der Waals surface area (Å²) in [4.78, 5) is 17.6. The Balaban J connectivity index is 1.28. The molecule has 1 N–H and O–H groups in total. The van der Waals surface area contributed by atoms with Crippen molar-refractivity contribution in [1.29, 1.82) is 0 Å². The first-order chi connectivity index (χ1) is 19.2. The first-order valence-corrected chi connectivity index (χ1v) is 13.5. The molecule has 2 heterocycles. The lowest BCUT2D eigenvalue weighted by molar-refractivity contribution is 0.265. The molecule has 0 bridgehead atoms. The Bertz CT molecular complexity index is 1560. The van der Waals surface area contributed by atoms with E-state index in [1.165, 1.54) is 5.56 Å². The smallest absolute Gasteiger partial charge is 0.289 e. The molecule has 0 saturated carbocycles. The zero-order valence-corrected chi connectivity index (χ0v) is 22.1. The van der Waals surface area contributed by atoms with E-state index in [9.17, 15) is 4.79 Å². The number of carbonyl (C=O) groups is 1. The lowest BCUT2D eigenvalue weighted by atomic mass is 9.98. The summed E-state index contributed by atoms with van der Waals surface area (Å²) in [6, 6.07) is 36.6. The van der Waals surface area contributed by atoms with Crippen molar-refractivity contribution < 1.29 is 9.53 Å². The van der Waals surface area contributed by atoms with Crippen molar-refractivity contribution in [2.24, 2.45) is 10.1 Å². The van der Waals surface area contributed by atoms with Gasteiger partial charge in [0.05, 0.1) is 35.1 Å².